The van der Waals surface area contributed by atoms with E-state index in [0.29, 0.717) is 67.1 Å². The van der Waals surface area contributed by atoms with Crippen LogP contribution in [0.5, 0.6) is 0 Å². The summed E-state index contributed by atoms with van der Waals surface area (Å²) in [6.07, 6.45) is -34.9. The molecule has 4 aliphatic heterocycles. The quantitative estimate of drug-likeness (QED) is 0.00983. The molecule has 4 aliphatic rings. The predicted octanol–water partition coefficient (Wildman–Crippen LogP) is -5.42. The van der Waals surface area contributed by atoms with Crippen LogP contribution in [-0.4, -0.2) is 308 Å². The summed E-state index contributed by atoms with van der Waals surface area (Å²) in [4.78, 5) is 117. The van der Waals surface area contributed by atoms with Crippen molar-refractivity contribution in [2.24, 2.45) is 0 Å². The first-order valence-corrected chi connectivity index (χ1v) is 41.6. The molecule has 4 amide bonds. The fourth-order valence-electron chi connectivity index (χ4n) is 14.1. The minimum atomic E-state index is -5.41. The Kier molecular flexibility index (Phi) is 30.8. The van der Waals surface area contributed by atoms with E-state index in [1.807, 2.05) is 4.98 Å². The lowest BCUT2D eigenvalue weighted by Crippen LogP contribution is -2.71. The minimum absolute atomic E-state index is 0.0300. The van der Waals surface area contributed by atoms with Crippen LogP contribution in [0.15, 0.2) is 113 Å². The number of aliphatic hydroxyl groups is 11. The Labute approximate surface area is 684 Å². The zero-order chi connectivity index (χ0) is 88.7. The number of benzene rings is 4. The number of carbonyl (C=O) groups excluding carboxylic acids is 4. The summed E-state index contributed by atoms with van der Waals surface area (Å²) >= 11 is 0. The summed E-state index contributed by atoms with van der Waals surface area (Å²) < 4.78 is 151. The molecule has 5 aromatic carbocycles. The number of aliphatic carboxylic acids is 1. The summed E-state index contributed by atoms with van der Waals surface area (Å²) in [5.74, 6) is -8.70. The van der Waals surface area contributed by atoms with Crippen LogP contribution in [-0.2, 0) is 82.6 Å². The molecule has 4 fully saturated rings. The third kappa shape index (κ3) is 22.1. The predicted molar refractivity (Wildman–Crippen MR) is 410 cm³/mol. The van der Waals surface area contributed by atoms with Crippen LogP contribution in [0.1, 0.15) is 86.1 Å². The lowest BCUT2D eigenvalue weighted by molar-refractivity contribution is -0.391. The molecule has 0 radical (unpaired) electrons. The second kappa shape index (κ2) is 39.6. The van der Waals surface area contributed by atoms with Crippen molar-refractivity contribution < 1.29 is 162 Å². The van der Waals surface area contributed by atoms with E-state index in [4.69, 9.17) is 37.9 Å². The van der Waals surface area contributed by atoms with Gasteiger partial charge in [-0.3, -0.25) is 52.2 Å². The fourth-order valence-corrected chi connectivity index (χ4v) is 16.2. The Bertz CT molecular complexity index is 5260. The molecule has 0 bridgehead atoms. The van der Waals surface area contributed by atoms with Crippen LogP contribution < -0.4 is 54.0 Å². The SMILES string of the molecule is CC(=O)N[C@H]1C([C@H](O)[C@H](O)CO)O[C@@](O[C@H]2[C@@H](O)[C@@H](CO)O[C@@H](O[C@H]3[C@H](O[C@@H]4O[C@@H](C)[C@@H](O)[C@@H](O)[C@@H]4O)[C@@H](NC(=O)c4cc(=O)[nH]c(=O)[nH]4)[C@H](OCCCCCCCCC(=O)NCCNc4c(Nc5ccc(-c6ccc(C(=O)Nc7ccc(S(=O)(=O)O)c8cc(S(=O)(=O)O)cc(S(=O)(=O)O)c78)cc6)cc5)c(=O)c4=O)O[C@@H]3CO)[C@@H]2O)(C(=O)O)C[C@@H]1O. The highest BCUT2D eigenvalue weighted by Crippen LogP contribution is 2.42. The number of aromatic amines is 2. The summed E-state index contributed by atoms with van der Waals surface area (Å²) in [6, 6.07) is 11.8. The van der Waals surface area contributed by atoms with Crippen LogP contribution in [0.25, 0.3) is 21.9 Å². The molecule has 1 aromatic heterocycles. The molecule has 664 valence electrons. The number of fused-ring (bicyclic) bond motifs is 1. The van der Waals surface area contributed by atoms with E-state index in [9.17, 15) is 143 Å². The first-order valence-electron chi connectivity index (χ1n) is 37.3. The summed E-state index contributed by atoms with van der Waals surface area (Å²) in [7, 11) is -15.8. The van der Waals surface area contributed by atoms with E-state index in [1.54, 1.807) is 24.3 Å². The van der Waals surface area contributed by atoms with Crippen molar-refractivity contribution in [2.45, 2.75) is 208 Å². The Hall–Kier alpha value is -9.18. The maximum Gasteiger partial charge on any atom is 0.364 e. The zero-order valence-corrected chi connectivity index (χ0v) is 66.2. The second-order valence-electron chi connectivity index (χ2n) is 28.8. The molecule has 21 atom stereocenters. The summed E-state index contributed by atoms with van der Waals surface area (Å²) in [5.41, 5.74) is -3.58. The number of carboxylic acid groups (broad SMARTS) is 1. The van der Waals surface area contributed by atoms with Crippen molar-refractivity contribution in [1.82, 2.24) is 25.9 Å². The van der Waals surface area contributed by atoms with E-state index in [2.05, 4.69) is 36.9 Å². The number of nitrogens with one attached hydrogen (secondary N) is 8. The van der Waals surface area contributed by atoms with Gasteiger partial charge >= 0.3 is 11.7 Å². The molecule has 10 rings (SSSR count). The number of unbranched alkanes of at least 4 members (excludes halogenated alkanes) is 5. The largest absolute Gasteiger partial charge is 0.477 e. The van der Waals surface area contributed by atoms with Gasteiger partial charge in [0.05, 0.1) is 48.7 Å². The van der Waals surface area contributed by atoms with Gasteiger partial charge in [-0.1, -0.05) is 49.9 Å². The lowest BCUT2D eigenvalue weighted by atomic mass is 9.88. The Morgan fingerprint density at radius 3 is 1.84 bits per heavy atom. The van der Waals surface area contributed by atoms with Gasteiger partial charge in [-0.05, 0) is 79.4 Å². The molecule has 5 heterocycles. The molecule has 46 nitrogen and oxygen atoms in total. The number of ether oxygens (including phenoxy) is 8. The first kappa shape index (κ1) is 94.1. The standard InChI is InChI=1S/C72H90N8O38S3/c1-30-53(89)58(94)59(95)68(112-30)116-63-52(80-66(98)39-25-47(88)79-71(101)78-39)67(114-43(29-83)61(63)115-69-60(96)64(55(91)42(28-82)113-69)118-72(70(99)100)26-40(85)49(75-31(2)84)62(117-72)54(90)41(86)27-81)111-22-8-6-4-3-5-7-9-46(87)73-20-21-74-50-51(57(93)56(50)92)76-35-16-14-33(15-17-35)32-10-12-34(13-11-32)65(97)77-38-18-19-44(120(105,106)107)37-23-36(119(102,103)104)24-45(48(37)38)121(108,109)110/h10-19,23-25,30,40-43,49,52-55,58-64,67-69,74,76,81-83,85-86,89-91,94-96H,3-9,20-22,26-29H2,1-2H3,(H,73,87)(H,75,84)(H,77,97)(H,80,98)(H,99,100)(H,102,103,104)(H,105,106,107)(H,108,109,110)(H2,78,79,88,101)/t30-,40-,41+,42+,43+,49+,52+,53+,54+,55-,58+,59-,60+,61+,62?,63+,64-,67+,68-,69-,72-/m0/s1. The average Bonchev–Trinajstić information content (AvgIpc) is 0.741. The Balaban J connectivity index is 0.731. The van der Waals surface area contributed by atoms with Crippen molar-refractivity contribution in [3.63, 3.8) is 0 Å². The van der Waals surface area contributed by atoms with Gasteiger partial charge in [-0.25, -0.2) is 9.59 Å². The Morgan fingerprint density at radius 2 is 1.23 bits per heavy atom. The molecule has 4 saturated heterocycles. The van der Waals surface area contributed by atoms with Crippen LogP contribution in [0.4, 0.5) is 22.7 Å². The van der Waals surface area contributed by atoms with Crippen molar-refractivity contribution >= 4 is 93.5 Å². The molecular weight excluding hydrogens is 1680 g/mol. The lowest BCUT2D eigenvalue weighted by Gasteiger charge is -2.51. The molecule has 1 unspecified atom stereocenters. The number of H-pyrrole nitrogens is 2. The van der Waals surface area contributed by atoms with Gasteiger partial charge in [0.25, 0.3) is 64.4 Å². The minimum Gasteiger partial charge on any atom is -0.477 e. The van der Waals surface area contributed by atoms with Crippen LogP contribution in [0.2, 0.25) is 0 Å². The van der Waals surface area contributed by atoms with E-state index < -0.39 is 268 Å². The number of carboxylic acids is 1. The van der Waals surface area contributed by atoms with Gasteiger partial charge < -0.3 is 136 Å². The van der Waals surface area contributed by atoms with Gasteiger partial charge in [0, 0.05) is 67.6 Å². The maximum atomic E-state index is 14.2. The van der Waals surface area contributed by atoms with E-state index in [1.165, 1.54) is 31.2 Å². The van der Waals surface area contributed by atoms with Crippen molar-refractivity contribution in [3.05, 3.63) is 131 Å². The van der Waals surface area contributed by atoms with E-state index >= 15 is 0 Å². The van der Waals surface area contributed by atoms with Crippen LogP contribution >= 0.6 is 0 Å². The van der Waals surface area contributed by atoms with Gasteiger partial charge in [0.1, 0.15) is 112 Å². The molecule has 0 spiro atoms. The number of anilines is 4. The molecule has 0 saturated carbocycles. The molecule has 0 aliphatic carbocycles. The zero-order valence-electron chi connectivity index (χ0n) is 63.8. The van der Waals surface area contributed by atoms with Crippen molar-refractivity contribution in [1.29, 1.82) is 0 Å². The van der Waals surface area contributed by atoms with Gasteiger partial charge in [-0.15, -0.1) is 0 Å². The smallest absolute Gasteiger partial charge is 0.364 e. The maximum absolute atomic E-state index is 14.2. The number of rotatable bonds is 37. The van der Waals surface area contributed by atoms with Crippen molar-refractivity contribution in [2.75, 3.05) is 55.5 Å². The van der Waals surface area contributed by atoms with Crippen molar-refractivity contribution in [3.8, 4) is 11.1 Å². The average molecular weight is 1770 g/mol. The molecule has 49 heteroatoms. The number of aliphatic hydroxyl groups excluding tert-OH is 11. The highest BCUT2D eigenvalue weighted by atomic mass is 32.2. The number of hydrogen-bond donors (Lipinski definition) is 23. The number of aromatic nitrogens is 2. The number of carbonyl (C=O) groups is 5. The first-order chi connectivity index (χ1) is 57.0. The third-order valence-electron chi connectivity index (χ3n) is 20.3. The summed E-state index contributed by atoms with van der Waals surface area (Å²) in [5, 5.41) is 146. The molecule has 121 heavy (non-hydrogen) atoms. The van der Waals surface area contributed by atoms with Gasteiger partial charge in [-0.2, -0.15) is 25.3 Å². The Morgan fingerprint density at radius 1 is 0.620 bits per heavy atom. The van der Waals surface area contributed by atoms with Crippen LogP contribution in [0.3, 0.4) is 0 Å². The normalized spacial score (nSPS) is 27.7. The molecule has 6 aromatic rings. The molecule has 23 N–H and O–H groups in total. The summed E-state index contributed by atoms with van der Waals surface area (Å²) in [6.45, 7) is -1.32. The van der Waals surface area contributed by atoms with Gasteiger partial charge in [0.2, 0.25) is 11.8 Å². The van der Waals surface area contributed by atoms with Crippen LogP contribution in [0, 0.1) is 0 Å². The second-order valence-corrected chi connectivity index (χ2v) is 33.0. The monoisotopic (exact) mass is 1770 g/mol. The fraction of sp³-hybridized carbons (Fsp3) is 0.514. The number of amides is 4. The number of hydrogen-bond acceptors (Lipinski definition) is 36. The van der Waals surface area contributed by atoms with E-state index in [0.717, 1.165) is 19.1 Å². The molecular formula is C72H90N8O38S3. The highest BCUT2D eigenvalue weighted by Gasteiger charge is 2.61. The highest BCUT2D eigenvalue weighted by molar-refractivity contribution is 7.87. The van der Waals surface area contributed by atoms with E-state index in [-0.39, 0.29) is 55.4 Å². The van der Waals surface area contributed by atoms with Gasteiger partial charge in [0.15, 0.2) is 18.9 Å². The topological polar surface area (TPSA) is 737 Å². The third-order valence-corrected chi connectivity index (χ3v) is 23.0.